The minimum atomic E-state index is -3.85. The zero-order valence-corrected chi connectivity index (χ0v) is 23.4. The first-order valence-electron chi connectivity index (χ1n) is 12.9. The fourth-order valence-electron chi connectivity index (χ4n) is 4.37. The summed E-state index contributed by atoms with van der Waals surface area (Å²) in [4.78, 5) is 11.0. The molecule has 0 saturated carbocycles. The molecule has 0 aromatic heterocycles. The molecule has 3 rings (SSSR count). The highest BCUT2D eigenvalue weighted by Crippen LogP contribution is 2.25. The van der Waals surface area contributed by atoms with Crippen LogP contribution in [-0.2, 0) is 27.7 Å². The third-order valence-electron chi connectivity index (χ3n) is 6.63. The summed E-state index contributed by atoms with van der Waals surface area (Å²) >= 11 is 0. The van der Waals surface area contributed by atoms with Gasteiger partial charge in [0.1, 0.15) is 5.82 Å². The fraction of sp³-hybridized carbons (Fsp3) is 0.367. The molecule has 0 aliphatic carbocycles. The number of aliphatic hydroxyl groups excluding tert-OH is 1. The molecule has 39 heavy (non-hydrogen) atoms. The molecule has 0 saturated heterocycles. The first-order valence-corrected chi connectivity index (χ1v) is 14.3. The number of aliphatic hydroxyl groups is 1. The van der Waals surface area contributed by atoms with Gasteiger partial charge in [-0.3, -0.25) is 4.79 Å². The number of hydrogen-bond donors (Lipinski definition) is 3. The van der Waals surface area contributed by atoms with Crippen molar-refractivity contribution in [2.45, 2.75) is 56.1 Å². The summed E-state index contributed by atoms with van der Waals surface area (Å²) in [6, 6.07) is 20.1. The summed E-state index contributed by atoms with van der Waals surface area (Å²) in [5.74, 6) is -1.16. The Morgan fingerprint density at radius 2 is 1.69 bits per heavy atom. The van der Waals surface area contributed by atoms with Crippen molar-refractivity contribution in [3.05, 3.63) is 89.7 Å². The van der Waals surface area contributed by atoms with E-state index in [1.807, 2.05) is 19.9 Å². The fourth-order valence-corrected chi connectivity index (χ4v) is 5.63. The van der Waals surface area contributed by atoms with Gasteiger partial charge in [-0.05, 0) is 79.6 Å². The lowest BCUT2D eigenvalue weighted by Gasteiger charge is -2.29. The average Bonchev–Trinajstić information content (AvgIpc) is 2.88. The molecule has 0 heterocycles. The molecule has 0 spiro atoms. The summed E-state index contributed by atoms with van der Waals surface area (Å²) in [7, 11) is -2.41. The highest BCUT2D eigenvalue weighted by atomic mass is 32.2. The summed E-state index contributed by atoms with van der Waals surface area (Å²) in [6.45, 7) is 4.18. The van der Waals surface area contributed by atoms with Gasteiger partial charge in [0.25, 0.3) is 0 Å². The van der Waals surface area contributed by atoms with Crippen molar-refractivity contribution in [3.63, 3.8) is 0 Å². The van der Waals surface area contributed by atoms with Crippen LogP contribution in [0.2, 0.25) is 0 Å². The summed E-state index contributed by atoms with van der Waals surface area (Å²) in [5.41, 5.74) is 2.77. The number of likely N-dealkylation sites (N-methyl/N-ethyl adjacent to an activating group) is 1. The number of carbonyl (C=O) groups is 1. The molecule has 3 N–H and O–H groups in total. The highest BCUT2D eigenvalue weighted by Gasteiger charge is 2.25. The zero-order valence-electron chi connectivity index (χ0n) is 22.6. The van der Waals surface area contributed by atoms with E-state index in [1.165, 1.54) is 25.2 Å². The highest BCUT2D eigenvalue weighted by molar-refractivity contribution is 7.89. The van der Waals surface area contributed by atoms with E-state index in [0.717, 1.165) is 34.7 Å². The molecule has 0 radical (unpaired) electrons. The number of aryl methyl sites for hydroxylation is 1. The quantitative estimate of drug-likeness (QED) is 0.270. The van der Waals surface area contributed by atoms with Crippen molar-refractivity contribution in [2.75, 3.05) is 20.1 Å². The Morgan fingerprint density at radius 3 is 2.36 bits per heavy atom. The van der Waals surface area contributed by atoms with Gasteiger partial charge in [-0.15, -0.1) is 0 Å². The maximum atomic E-state index is 13.4. The minimum Gasteiger partial charge on any atom is -0.481 e. The van der Waals surface area contributed by atoms with Gasteiger partial charge in [-0.1, -0.05) is 48.5 Å². The van der Waals surface area contributed by atoms with E-state index in [2.05, 4.69) is 5.32 Å². The minimum absolute atomic E-state index is 0.0805. The molecule has 0 unspecified atom stereocenters. The maximum Gasteiger partial charge on any atom is 0.307 e. The number of sulfonamides is 1. The molecule has 3 aromatic rings. The Hall–Kier alpha value is -3.11. The van der Waals surface area contributed by atoms with Crippen LogP contribution in [0, 0.1) is 5.82 Å². The standard InChI is InChI=1S/C30H37FN2O5S/c1-30(2,16-6-8-22-7-4-10-26(31)17-22)32-20-27(34)21-33(3)39(37,38)28-11-5-9-25(19-28)24-14-12-23(13-15-24)18-29(35)36/h4-5,7,9-15,17,19,27,32,34H,6,8,16,18,20-21H2,1-3H3,(H,35,36)/t27-/m0/s1. The lowest BCUT2D eigenvalue weighted by atomic mass is 9.95. The molecule has 0 amide bonds. The van der Waals surface area contributed by atoms with Crippen LogP contribution in [0.5, 0.6) is 0 Å². The first-order chi connectivity index (χ1) is 18.4. The van der Waals surface area contributed by atoms with Crippen LogP contribution in [0.15, 0.2) is 77.7 Å². The number of carboxylic acids is 1. The van der Waals surface area contributed by atoms with Crippen LogP contribution >= 0.6 is 0 Å². The van der Waals surface area contributed by atoms with Gasteiger partial charge in [-0.2, -0.15) is 4.31 Å². The Morgan fingerprint density at radius 1 is 1.00 bits per heavy atom. The van der Waals surface area contributed by atoms with Crippen molar-refractivity contribution >= 4 is 16.0 Å². The summed E-state index contributed by atoms with van der Waals surface area (Å²) in [6.07, 6.45) is 1.39. The van der Waals surface area contributed by atoms with E-state index >= 15 is 0 Å². The number of β-amino-alcohol motifs (C(OH)–C–C–N with tert-alkyl or cyclic N) is 1. The molecule has 7 nitrogen and oxygen atoms in total. The van der Waals surface area contributed by atoms with E-state index in [-0.39, 0.29) is 35.8 Å². The van der Waals surface area contributed by atoms with Gasteiger partial charge < -0.3 is 15.5 Å². The second-order valence-corrected chi connectivity index (χ2v) is 12.5. The second-order valence-electron chi connectivity index (χ2n) is 10.5. The van der Waals surface area contributed by atoms with E-state index in [1.54, 1.807) is 48.5 Å². The molecule has 1 atom stereocenters. The van der Waals surface area contributed by atoms with Gasteiger partial charge in [0.2, 0.25) is 10.0 Å². The maximum absolute atomic E-state index is 13.4. The first kappa shape index (κ1) is 30.4. The van der Waals surface area contributed by atoms with Crippen molar-refractivity contribution in [3.8, 4) is 11.1 Å². The lowest BCUT2D eigenvalue weighted by molar-refractivity contribution is -0.136. The number of nitrogens with zero attached hydrogens (tertiary/aromatic N) is 1. The van der Waals surface area contributed by atoms with Crippen LogP contribution in [0.1, 0.15) is 37.8 Å². The van der Waals surface area contributed by atoms with Crippen LogP contribution < -0.4 is 5.32 Å². The van der Waals surface area contributed by atoms with Crippen molar-refractivity contribution in [1.82, 2.24) is 9.62 Å². The van der Waals surface area contributed by atoms with E-state index in [0.29, 0.717) is 11.1 Å². The molecular weight excluding hydrogens is 519 g/mol. The molecule has 0 aliphatic rings. The predicted molar refractivity (Wildman–Crippen MR) is 150 cm³/mol. The number of carboxylic acid groups (broad SMARTS) is 1. The third kappa shape index (κ3) is 9.25. The molecular formula is C30H37FN2O5S. The topological polar surface area (TPSA) is 107 Å². The Bertz CT molecular complexity index is 1360. The normalized spacial score (nSPS) is 13.0. The smallest absolute Gasteiger partial charge is 0.307 e. The SMILES string of the molecule is CN(C[C@@H](O)CNC(C)(C)CCCc1cccc(F)c1)S(=O)(=O)c1cccc(-c2ccc(CC(=O)O)cc2)c1. The Balaban J connectivity index is 1.55. The second kappa shape index (κ2) is 13.3. The molecule has 9 heteroatoms. The molecule has 0 fully saturated rings. The van der Waals surface area contributed by atoms with Crippen molar-refractivity contribution < 1.29 is 27.8 Å². The average molecular weight is 557 g/mol. The van der Waals surface area contributed by atoms with E-state index < -0.39 is 22.1 Å². The van der Waals surface area contributed by atoms with Gasteiger partial charge in [-0.25, -0.2) is 12.8 Å². The third-order valence-corrected chi connectivity index (χ3v) is 8.44. The number of rotatable bonds is 14. The van der Waals surface area contributed by atoms with Crippen LogP contribution in [0.4, 0.5) is 4.39 Å². The van der Waals surface area contributed by atoms with Crippen molar-refractivity contribution in [2.24, 2.45) is 0 Å². The molecule has 0 aliphatic heterocycles. The molecule has 0 bridgehead atoms. The van der Waals surface area contributed by atoms with Crippen LogP contribution in [0.25, 0.3) is 11.1 Å². The Labute approximate surface area is 230 Å². The largest absolute Gasteiger partial charge is 0.481 e. The van der Waals surface area contributed by atoms with Gasteiger partial charge in [0.05, 0.1) is 17.4 Å². The van der Waals surface area contributed by atoms with Crippen LogP contribution in [0.3, 0.4) is 0 Å². The number of hydrogen-bond acceptors (Lipinski definition) is 5. The number of aliphatic carboxylic acids is 1. The van der Waals surface area contributed by atoms with Gasteiger partial charge >= 0.3 is 5.97 Å². The Kier molecular flexibility index (Phi) is 10.4. The molecule has 3 aromatic carbocycles. The molecule has 210 valence electrons. The zero-order chi connectivity index (χ0) is 28.6. The number of benzene rings is 3. The van der Waals surface area contributed by atoms with Gasteiger partial charge in [0, 0.05) is 25.7 Å². The van der Waals surface area contributed by atoms with Gasteiger partial charge in [0.15, 0.2) is 0 Å². The number of halogens is 1. The van der Waals surface area contributed by atoms with E-state index in [4.69, 9.17) is 5.11 Å². The van der Waals surface area contributed by atoms with Crippen molar-refractivity contribution in [1.29, 1.82) is 0 Å². The summed E-state index contributed by atoms with van der Waals surface area (Å²) in [5, 5.41) is 22.9. The van der Waals surface area contributed by atoms with Crippen LogP contribution in [-0.4, -0.2) is 60.7 Å². The lowest BCUT2D eigenvalue weighted by Crippen LogP contribution is -2.46. The summed E-state index contributed by atoms with van der Waals surface area (Å²) < 4.78 is 41.0. The number of nitrogens with one attached hydrogen (secondary N) is 1. The monoisotopic (exact) mass is 556 g/mol. The van der Waals surface area contributed by atoms with E-state index in [9.17, 15) is 22.7 Å². The predicted octanol–water partition coefficient (Wildman–Crippen LogP) is 4.49.